The van der Waals surface area contributed by atoms with Crippen molar-refractivity contribution in [2.45, 2.75) is 31.7 Å². The lowest BCUT2D eigenvalue weighted by molar-refractivity contribution is -0.119. The van der Waals surface area contributed by atoms with Gasteiger partial charge < -0.3 is 16.2 Å². The van der Waals surface area contributed by atoms with E-state index in [0.717, 1.165) is 25.7 Å². The third-order valence-corrected chi connectivity index (χ3v) is 2.93. The molecule has 3 amide bonds. The van der Waals surface area contributed by atoms with Crippen LogP contribution in [0.25, 0.3) is 0 Å². The minimum atomic E-state index is -0.839. The summed E-state index contributed by atoms with van der Waals surface area (Å²) in [5.41, 5.74) is 4.82. The van der Waals surface area contributed by atoms with Gasteiger partial charge in [0.25, 0.3) is 0 Å². The Hall–Kier alpha value is -1.14. The average molecular weight is 229 g/mol. The number of rotatable bonds is 4. The van der Waals surface area contributed by atoms with E-state index in [4.69, 9.17) is 10.8 Å². The van der Waals surface area contributed by atoms with E-state index in [-0.39, 0.29) is 25.1 Å². The van der Waals surface area contributed by atoms with Gasteiger partial charge in [0.05, 0.1) is 6.54 Å². The highest BCUT2D eigenvalue weighted by atomic mass is 16.3. The number of carbonyl (C=O) groups is 2. The van der Waals surface area contributed by atoms with Gasteiger partial charge in [0.2, 0.25) is 5.91 Å². The van der Waals surface area contributed by atoms with Crippen molar-refractivity contribution < 1.29 is 14.7 Å². The molecule has 2 atom stereocenters. The highest BCUT2D eigenvalue weighted by Crippen LogP contribution is 2.23. The first-order valence-electron chi connectivity index (χ1n) is 5.57. The second-order valence-corrected chi connectivity index (χ2v) is 4.13. The molecule has 0 spiro atoms. The van der Waals surface area contributed by atoms with E-state index in [1.165, 1.54) is 0 Å². The molecule has 5 N–H and O–H groups in total. The maximum Gasteiger partial charge on any atom is 0.318 e. The number of primary amides is 1. The molecular formula is C10H19N3O3. The van der Waals surface area contributed by atoms with E-state index in [1.807, 2.05) is 5.32 Å². The molecule has 0 radical (unpaired) electrons. The smallest absolute Gasteiger partial charge is 0.318 e. The summed E-state index contributed by atoms with van der Waals surface area (Å²) in [5.74, 6) is -0.232. The Labute approximate surface area is 94.6 Å². The molecule has 1 fully saturated rings. The molecule has 0 aromatic heterocycles. The van der Waals surface area contributed by atoms with Gasteiger partial charge >= 0.3 is 6.03 Å². The van der Waals surface area contributed by atoms with Gasteiger partial charge in [0.1, 0.15) is 0 Å². The number of hydrogen-bond donors (Lipinski definition) is 4. The first-order chi connectivity index (χ1) is 7.63. The predicted octanol–water partition coefficient (Wildman–Crippen LogP) is -0.678. The fraction of sp³-hybridized carbons (Fsp3) is 0.800. The maximum atomic E-state index is 11.2. The minimum Gasteiger partial charge on any atom is -0.396 e. The molecule has 1 saturated carbocycles. The molecule has 0 aromatic carbocycles. The summed E-state index contributed by atoms with van der Waals surface area (Å²) >= 11 is 0. The van der Waals surface area contributed by atoms with Crippen LogP contribution in [0, 0.1) is 5.92 Å². The Morgan fingerprint density at radius 2 is 2.00 bits per heavy atom. The van der Waals surface area contributed by atoms with Crippen molar-refractivity contribution in [3.63, 3.8) is 0 Å². The number of aliphatic hydroxyl groups is 1. The molecule has 6 heteroatoms. The zero-order valence-electron chi connectivity index (χ0n) is 9.24. The fourth-order valence-electron chi connectivity index (χ4n) is 2.10. The molecule has 1 aliphatic rings. The van der Waals surface area contributed by atoms with Gasteiger partial charge in [0, 0.05) is 12.6 Å². The minimum absolute atomic E-state index is 0.0596. The monoisotopic (exact) mass is 229 g/mol. The normalized spacial score (nSPS) is 25.1. The van der Waals surface area contributed by atoms with Crippen molar-refractivity contribution in [2.24, 2.45) is 11.7 Å². The van der Waals surface area contributed by atoms with Crippen LogP contribution in [0.15, 0.2) is 0 Å². The molecule has 0 saturated heterocycles. The number of nitrogens with two attached hydrogens (primary N) is 1. The lowest BCUT2D eigenvalue weighted by Crippen LogP contribution is -2.47. The van der Waals surface area contributed by atoms with Crippen LogP contribution in [-0.4, -0.2) is 36.2 Å². The summed E-state index contributed by atoms with van der Waals surface area (Å²) in [6.45, 7) is 0.194. The molecule has 0 aromatic rings. The highest BCUT2D eigenvalue weighted by molar-refractivity contribution is 5.94. The maximum absolute atomic E-state index is 11.2. The molecule has 1 aliphatic carbocycles. The van der Waals surface area contributed by atoms with Gasteiger partial charge in [-0.2, -0.15) is 0 Å². The quantitative estimate of drug-likeness (QED) is 0.512. The van der Waals surface area contributed by atoms with Gasteiger partial charge in [0.15, 0.2) is 0 Å². The van der Waals surface area contributed by atoms with Gasteiger partial charge in [-0.25, -0.2) is 4.79 Å². The van der Waals surface area contributed by atoms with Gasteiger partial charge in [-0.1, -0.05) is 12.8 Å². The number of hydrogen-bond acceptors (Lipinski definition) is 4. The summed E-state index contributed by atoms with van der Waals surface area (Å²) in [5, 5.41) is 14.2. The Balaban J connectivity index is 2.29. The summed E-state index contributed by atoms with van der Waals surface area (Å²) in [7, 11) is 0. The summed E-state index contributed by atoms with van der Waals surface area (Å²) < 4.78 is 0. The van der Waals surface area contributed by atoms with Crippen LogP contribution < -0.4 is 16.4 Å². The molecule has 0 heterocycles. The van der Waals surface area contributed by atoms with Crippen LogP contribution in [-0.2, 0) is 4.79 Å². The topological polar surface area (TPSA) is 104 Å². The molecular weight excluding hydrogens is 210 g/mol. The Bertz CT molecular complexity index is 258. The van der Waals surface area contributed by atoms with Crippen molar-refractivity contribution >= 4 is 11.9 Å². The molecule has 1 rings (SSSR count). The van der Waals surface area contributed by atoms with Crippen LogP contribution in [0.2, 0.25) is 0 Å². The van der Waals surface area contributed by atoms with Crippen LogP contribution in [0.3, 0.4) is 0 Å². The molecule has 2 unspecified atom stereocenters. The van der Waals surface area contributed by atoms with Gasteiger partial charge in [-0.3, -0.25) is 10.1 Å². The Kier molecular flexibility index (Phi) is 5.21. The fourth-order valence-corrected chi connectivity index (χ4v) is 2.10. The molecule has 0 bridgehead atoms. The standard InChI is InChI=1S/C10H19N3O3/c11-10(16)13-9(15)5-12-8-4-2-1-3-7(8)6-14/h7-8,12,14H,1-6H2,(H3,11,13,15,16). The lowest BCUT2D eigenvalue weighted by Gasteiger charge is -2.30. The Morgan fingerprint density at radius 3 is 2.62 bits per heavy atom. The van der Waals surface area contributed by atoms with Crippen molar-refractivity contribution in [1.29, 1.82) is 0 Å². The van der Waals surface area contributed by atoms with Crippen molar-refractivity contribution in [3.05, 3.63) is 0 Å². The van der Waals surface area contributed by atoms with Crippen molar-refractivity contribution in [1.82, 2.24) is 10.6 Å². The first-order valence-corrected chi connectivity index (χ1v) is 5.57. The van der Waals surface area contributed by atoms with Crippen LogP contribution >= 0.6 is 0 Å². The van der Waals surface area contributed by atoms with Crippen molar-refractivity contribution in [2.75, 3.05) is 13.2 Å². The highest BCUT2D eigenvalue weighted by Gasteiger charge is 2.24. The second kappa shape index (κ2) is 6.44. The third-order valence-electron chi connectivity index (χ3n) is 2.93. The van der Waals surface area contributed by atoms with E-state index in [1.54, 1.807) is 0 Å². The van der Waals surface area contributed by atoms with Gasteiger partial charge in [-0.05, 0) is 18.8 Å². The molecule has 92 valence electrons. The van der Waals surface area contributed by atoms with Crippen molar-refractivity contribution in [3.8, 4) is 0 Å². The van der Waals surface area contributed by atoms with E-state index < -0.39 is 11.9 Å². The van der Waals surface area contributed by atoms with E-state index >= 15 is 0 Å². The molecule has 6 nitrogen and oxygen atoms in total. The first kappa shape index (κ1) is 12.9. The third kappa shape index (κ3) is 4.16. The van der Waals surface area contributed by atoms with Crippen LogP contribution in [0.4, 0.5) is 4.79 Å². The number of imide groups is 1. The lowest BCUT2D eigenvalue weighted by atomic mass is 9.85. The zero-order valence-corrected chi connectivity index (χ0v) is 9.24. The second-order valence-electron chi connectivity index (χ2n) is 4.13. The Morgan fingerprint density at radius 1 is 1.31 bits per heavy atom. The number of nitrogens with one attached hydrogen (secondary N) is 2. The summed E-state index contributed by atoms with van der Waals surface area (Å²) in [4.78, 5) is 21.6. The predicted molar refractivity (Wildman–Crippen MR) is 58.6 cm³/mol. The summed E-state index contributed by atoms with van der Waals surface area (Å²) in [6, 6.07) is -0.688. The zero-order chi connectivity index (χ0) is 12.0. The van der Waals surface area contributed by atoms with Crippen LogP contribution in [0.5, 0.6) is 0 Å². The van der Waals surface area contributed by atoms with Crippen LogP contribution in [0.1, 0.15) is 25.7 Å². The van der Waals surface area contributed by atoms with E-state index in [0.29, 0.717) is 0 Å². The SMILES string of the molecule is NC(=O)NC(=O)CNC1CCCCC1CO. The average Bonchev–Trinajstić information content (AvgIpc) is 2.26. The van der Waals surface area contributed by atoms with E-state index in [9.17, 15) is 9.59 Å². The summed E-state index contributed by atoms with van der Waals surface area (Å²) in [6.07, 6.45) is 4.16. The number of carbonyl (C=O) groups excluding carboxylic acids is 2. The number of amides is 3. The molecule has 16 heavy (non-hydrogen) atoms. The number of aliphatic hydroxyl groups excluding tert-OH is 1. The van der Waals surface area contributed by atoms with E-state index in [2.05, 4.69) is 5.32 Å². The largest absolute Gasteiger partial charge is 0.396 e. The van der Waals surface area contributed by atoms with Gasteiger partial charge in [-0.15, -0.1) is 0 Å². The number of urea groups is 1. The molecule has 0 aliphatic heterocycles.